The second-order valence-corrected chi connectivity index (χ2v) is 6.17. The van der Waals surface area contributed by atoms with Gasteiger partial charge in [0.15, 0.2) is 0 Å². The van der Waals surface area contributed by atoms with Gasteiger partial charge in [0.25, 0.3) is 0 Å². The quantitative estimate of drug-likeness (QED) is 0.892. The van der Waals surface area contributed by atoms with Crippen molar-refractivity contribution in [3.8, 4) is 0 Å². The van der Waals surface area contributed by atoms with Crippen molar-refractivity contribution in [2.45, 2.75) is 25.4 Å². The van der Waals surface area contributed by atoms with E-state index in [2.05, 4.69) is 66.5 Å². The zero-order valence-corrected chi connectivity index (χ0v) is 11.5. The van der Waals surface area contributed by atoms with Gasteiger partial charge in [0, 0.05) is 17.8 Å². The van der Waals surface area contributed by atoms with Crippen LogP contribution in [0.1, 0.15) is 24.9 Å². The van der Waals surface area contributed by atoms with Gasteiger partial charge in [-0.25, -0.2) is 0 Å². The van der Waals surface area contributed by atoms with E-state index in [1.807, 2.05) is 0 Å². The van der Waals surface area contributed by atoms with Gasteiger partial charge in [0.05, 0.1) is 0 Å². The van der Waals surface area contributed by atoms with Gasteiger partial charge in [-0.05, 0) is 35.4 Å². The van der Waals surface area contributed by atoms with Gasteiger partial charge in [-0.1, -0.05) is 42.5 Å². The summed E-state index contributed by atoms with van der Waals surface area (Å²) in [4.78, 5) is 0. The Bertz CT molecular complexity index is 526. The molecule has 2 unspecified atom stereocenters. The fourth-order valence-electron chi connectivity index (χ4n) is 2.74. The molecule has 0 spiro atoms. The van der Waals surface area contributed by atoms with Crippen LogP contribution in [0.5, 0.6) is 0 Å². The van der Waals surface area contributed by atoms with E-state index >= 15 is 0 Å². The van der Waals surface area contributed by atoms with Crippen LogP contribution in [0.2, 0.25) is 0 Å². The standard InChI is InChI=1S/C16H19NS/c1-12(17-14-9-10-18-11-14)15-8-4-6-13-5-2-3-7-16(13)15/h2-8,12,14,17H,9-11H2,1H3. The number of fused-ring (bicyclic) bond motifs is 1. The normalized spacial score (nSPS) is 21.3. The van der Waals surface area contributed by atoms with Crippen molar-refractivity contribution in [2.75, 3.05) is 11.5 Å². The third-order valence-electron chi connectivity index (χ3n) is 3.71. The highest BCUT2D eigenvalue weighted by Crippen LogP contribution is 2.26. The molecule has 1 nitrogen and oxygen atoms in total. The molecular formula is C16H19NS. The molecule has 0 amide bonds. The van der Waals surface area contributed by atoms with Gasteiger partial charge in [-0.15, -0.1) is 0 Å². The molecule has 2 aromatic rings. The lowest BCUT2D eigenvalue weighted by Gasteiger charge is -2.20. The van der Waals surface area contributed by atoms with E-state index in [-0.39, 0.29) is 0 Å². The van der Waals surface area contributed by atoms with Crippen molar-refractivity contribution in [1.82, 2.24) is 5.32 Å². The lowest BCUT2D eigenvalue weighted by Crippen LogP contribution is -2.31. The molecule has 1 N–H and O–H groups in total. The Labute approximate surface area is 113 Å². The molecule has 1 aliphatic rings. The molecule has 0 saturated carbocycles. The minimum Gasteiger partial charge on any atom is -0.307 e. The molecule has 1 fully saturated rings. The zero-order valence-electron chi connectivity index (χ0n) is 10.7. The summed E-state index contributed by atoms with van der Waals surface area (Å²) in [5, 5.41) is 6.48. The molecule has 1 heterocycles. The first-order valence-electron chi connectivity index (χ1n) is 6.66. The van der Waals surface area contributed by atoms with Crippen LogP contribution in [0.25, 0.3) is 10.8 Å². The highest BCUT2D eigenvalue weighted by atomic mass is 32.2. The van der Waals surface area contributed by atoms with Crippen molar-refractivity contribution in [1.29, 1.82) is 0 Å². The molecule has 18 heavy (non-hydrogen) atoms. The molecule has 1 aliphatic heterocycles. The summed E-state index contributed by atoms with van der Waals surface area (Å²) in [5.41, 5.74) is 1.42. The summed E-state index contributed by atoms with van der Waals surface area (Å²) in [6, 6.07) is 16.4. The van der Waals surface area contributed by atoms with Gasteiger partial charge in [0.2, 0.25) is 0 Å². The third-order valence-corrected chi connectivity index (χ3v) is 4.87. The average Bonchev–Trinajstić information content (AvgIpc) is 2.91. The predicted octanol–water partition coefficient (Wildman–Crippen LogP) is 4.00. The zero-order chi connectivity index (χ0) is 12.4. The molecule has 2 atom stereocenters. The van der Waals surface area contributed by atoms with Crippen molar-refractivity contribution in [3.63, 3.8) is 0 Å². The Morgan fingerprint density at radius 3 is 2.83 bits per heavy atom. The van der Waals surface area contributed by atoms with Crippen LogP contribution in [-0.2, 0) is 0 Å². The second-order valence-electron chi connectivity index (χ2n) is 5.02. The van der Waals surface area contributed by atoms with E-state index in [1.165, 1.54) is 34.3 Å². The molecule has 3 rings (SSSR count). The number of hydrogen-bond donors (Lipinski definition) is 1. The molecule has 0 bridgehead atoms. The smallest absolute Gasteiger partial charge is 0.0300 e. The van der Waals surface area contributed by atoms with E-state index < -0.39 is 0 Å². The lowest BCUT2D eigenvalue weighted by atomic mass is 9.99. The van der Waals surface area contributed by atoms with Crippen molar-refractivity contribution >= 4 is 22.5 Å². The molecule has 2 heteroatoms. The maximum absolute atomic E-state index is 3.77. The topological polar surface area (TPSA) is 12.0 Å². The van der Waals surface area contributed by atoms with E-state index in [1.54, 1.807) is 0 Å². The van der Waals surface area contributed by atoms with Crippen molar-refractivity contribution in [2.24, 2.45) is 0 Å². The molecule has 94 valence electrons. The minimum absolute atomic E-state index is 0.430. The van der Waals surface area contributed by atoms with Crippen LogP contribution in [0.4, 0.5) is 0 Å². The van der Waals surface area contributed by atoms with Crippen LogP contribution >= 0.6 is 11.8 Å². The largest absolute Gasteiger partial charge is 0.307 e. The number of nitrogens with one attached hydrogen (secondary N) is 1. The number of hydrogen-bond acceptors (Lipinski definition) is 2. The first-order valence-corrected chi connectivity index (χ1v) is 7.81. The second kappa shape index (κ2) is 5.33. The third kappa shape index (κ3) is 2.40. The fraction of sp³-hybridized carbons (Fsp3) is 0.375. The Hall–Kier alpha value is -0.990. The Balaban J connectivity index is 1.88. The van der Waals surface area contributed by atoms with E-state index in [9.17, 15) is 0 Å². The molecule has 0 radical (unpaired) electrons. The van der Waals surface area contributed by atoms with Gasteiger partial charge in [-0.3, -0.25) is 0 Å². The van der Waals surface area contributed by atoms with E-state index in [0.717, 1.165) is 0 Å². The predicted molar refractivity (Wildman–Crippen MR) is 81.2 cm³/mol. The summed E-state index contributed by atoms with van der Waals surface area (Å²) in [6.45, 7) is 2.28. The van der Waals surface area contributed by atoms with Crippen LogP contribution in [0.15, 0.2) is 42.5 Å². The molecular weight excluding hydrogens is 238 g/mol. The van der Waals surface area contributed by atoms with Crippen molar-refractivity contribution in [3.05, 3.63) is 48.0 Å². The first-order chi connectivity index (χ1) is 8.84. The summed E-state index contributed by atoms with van der Waals surface area (Å²) < 4.78 is 0. The van der Waals surface area contributed by atoms with E-state index in [0.29, 0.717) is 12.1 Å². The van der Waals surface area contributed by atoms with Gasteiger partial charge in [0.1, 0.15) is 0 Å². The number of rotatable bonds is 3. The van der Waals surface area contributed by atoms with Crippen LogP contribution in [0.3, 0.4) is 0 Å². The monoisotopic (exact) mass is 257 g/mol. The average molecular weight is 257 g/mol. The Kier molecular flexibility index (Phi) is 3.57. The number of thioether (sulfide) groups is 1. The van der Waals surface area contributed by atoms with Crippen LogP contribution in [-0.4, -0.2) is 17.5 Å². The van der Waals surface area contributed by atoms with Gasteiger partial charge < -0.3 is 5.32 Å². The minimum atomic E-state index is 0.430. The summed E-state index contributed by atoms with van der Waals surface area (Å²) >= 11 is 2.06. The maximum atomic E-state index is 3.77. The summed E-state index contributed by atoms with van der Waals surface area (Å²) in [7, 11) is 0. The molecule has 2 aromatic carbocycles. The molecule has 0 aromatic heterocycles. The highest BCUT2D eigenvalue weighted by molar-refractivity contribution is 7.99. The SMILES string of the molecule is CC(NC1CCSC1)c1cccc2ccccc12. The Morgan fingerprint density at radius 2 is 2.00 bits per heavy atom. The van der Waals surface area contributed by atoms with E-state index in [4.69, 9.17) is 0 Å². The van der Waals surface area contributed by atoms with Gasteiger partial charge in [-0.2, -0.15) is 11.8 Å². The van der Waals surface area contributed by atoms with Crippen LogP contribution < -0.4 is 5.32 Å². The highest BCUT2D eigenvalue weighted by Gasteiger charge is 2.18. The first kappa shape index (κ1) is 12.1. The molecule has 0 aliphatic carbocycles. The summed E-state index contributed by atoms with van der Waals surface area (Å²) in [6.07, 6.45) is 1.31. The Morgan fingerprint density at radius 1 is 1.17 bits per heavy atom. The molecule has 1 saturated heterocycles. The maximum Gasteiger partial charge on any atom is 0.0300 e. The lowest BCUT2D eigenvalue weighted by molar-refractivity contribution is 0.488. The van der Waals surface area contributed by atoms with Gasteiger partial charge >= 0.3 is 0 Å². The fourth-order valence-corrected chi connectivity index (χ4v) is 3.90. The number of benzene rings is 2. The van der Waals surface area contributed by atoms with Crippen molar-refractivity contribution < 1.29 is 0 Å². The van der Waals surface area contributed by atoms with Crippen LogP contribution in [0, 0.1) is 0 Å². The summed E-state index contributed by atoms with van der Waals surface area (Å²) in [5.74, 6) is 2.56.